The first kappa shape index (κ1) is 15.6. The monoisotopic (exact) mass is 380 g/mol. The van der Waals surface area contributed by atoms with Crippen molar-refractivity contribution in [3.8, 4) is 5.75 Å². The number of halogens is 3. The van der Waals surface area contributed by atoms with Crippen LogP contribution in [0.25, 0.3) is 0 Å². The lowest BCUT2D eigenvalue weighted by Gasteiger charge is -2.12. The average Bonchev–Trinajstić information content (AvgIpc) is 2.63. The van der Waals surface area contributed by atoms with Crippen molar-refractivity contribution in [1.82, 2.24) is 0 Å². The lowest BCUT2D eigenvalue weighted by Crippen LogP contribution is -2.10. The van der Waals surface area contributed by atoms with Crippen molar-refractivity contribution in [1.29, 1.82) is 0 Å². The number of carboxylic acids is 1. The summed E-state index contributed by atoms with van der Waals surface area (Å²) in [6.45, 7) is 1.40. The molecule has 0 heterocycles. The number of benzene rings is 1. The van der Waals surface area contributed by atoms with Crippen LogP contribution >= 0.6 is 39.1 Å². The quantitative estimate of drug-likeness (QED) is 0.797. The standard InChI is InChI=1S/C13H11BrCl2O4/c1-2-5-10(14)6-3-7(20-4-8(17)18)11(15)12(16)9(6)13(5)19/h3,5,10H,2,4H2,1H3,(H,17,18). The minimum absolute atomic E-state index is 0.0546. The molecule has 0 amide bonds. The molecule has 2 rings (SSSR count). The second kappa shape index (κ2) is 5.92. The summed E-state index contributed by atoms with van der Waals surface area (Å²) in [5.74, 6) is -1.20. The van der Waals surface area contributed by atoms with Gasteiger partial charge in [0, 0.05) is 11.5 Å². The number of carbonyl (C=O) groups excluding carboxylic acids is 1. The summed E-state index contributed by atoms with van der Waals surface area (Å²) in [4.78, 5) is 22.7. The summed E-state index contributed by atoms with van der Waals surface area (Å²) in [5.41, 5.74) is 1.09. The largest absolute Gasteiger partial charge is 0.480 e. The third kappa shape index (κ3) is 2.54. The van der Waals surface area contributed by atoms with E-state index >= 15 is 0 Å². The maximum atomic E-state index is 12.3. The van der Waals surface area contributed by atoms with Gasteiger partial charge in [-0.15, -0.1) is 0 Å². The average molecular weight is 382 g/mol. The zero-order chi connectivity index (χ0) is 15.0. The minimum Gasteiger partial charge on any atom is -0.480 e. The molecule has 1 N–H and O–H groups in total. The fourth-order valence-electron chi connectivity index (χ4n) is 2.26. The number of aliphatic carboxylic acids is 1. The normalized spacial score (nSPS) is 20.9. The predicted octanol–water partition coefficient (Wildman–Crippen LogP) is 4.12. The molecule has 108 valence electrons. The van der Waals surface area contributed by atoms with E-state index in [1.54, 1.807) is 6.07 Å². The third-order valence-corrected chi connectivity index (χ3v) is 5.21. The van der Waals surface area contributed by atoms with Crippen molar-refractivity contribution in [3.63, 3.8) is 0 Å². The summed E-state index contributed by atoms with van der Waals surface area (Å²) < 4.78 is 5.11. The van der Waals surface area contributed by atoms with Gasteiger partial charge in [-0.1, -0.05) is 46.1 Å². The number of hydrogen-bond donors (Lipinski definition) is 1. The van der Waals surface area contributed by atoms with Crippen LogP contribution in [0.5, 0.6) is 5.75 Å². The fraction of sp³-hybridized carbons (Fsp3) is 0.385. The molecular weight excluding hydrogens is 371 g/mol. The number of carbonyl (C=O) groups is 2. The first-order chi connectivity index (χ1) is 9.38. The molecule has 2 unspecified atom stereocenters. The predicted molar refractivity (Wildman–Crippen MR) is 79.4 cm³/mol. The molecule has 1 aliphatic carbocycles. The van der Waals surface area contributed by atoms with E-state index in [4.69, 9.17) is 33.0 Å². The highest BCUT2D eigenvalue weighted by Gasteiger charge is 2.40. The summed E-state index contributed by atoms with van der Waals surface area (Å²) in [6.07, 6.45) is 0.669. The van der Waals surface area contributed by atoms with Crippen LogP contribution in [0.4, 0.5) is 0 Å². The van der Waals surface area contributed by atoms with Gasteiger partial charge in [0.25, 0.3) is 0 Å². The van der Waals surface area contributed by atoms with Crippen molar-refractivity contribution in [2.45, 2.75) is 18.2 Å². The second-order valence-corrected chi connectivity index (χ2v) is 6.17. The molecule has 1 aliphatic rings. The van der Waals surface area contributed by atoms with Gasteiger partial charge in [0.15, 0.2) is 12.4 Å². The van der Waals surface area contributed by atoms with Crippen LogP contribution in [0.15, 0.2) is 6.07 Å². The van der Waals surface area contributed by atoms with Gasteiger partial charge in [0.1, 0.15) is 10.8 Å². The van der Waals surface area contributed by atoms with Crippen molar-refractivity contribution in [2.24, 2.45) is 5.92 Å². The van der Waals surface area contributed by atoms with E-state index in [0.717, 1.165) is 0 Å². The first-order valence-electron chi connectivity index (χ1n) is 5.93. The Kier molecular flexibility index (Phi) is 4.62. The Balaban J connectivity index is 2.48. The number of ketones is 1. The number of rotatable bonds is 4. The number of ether oxygens (including phenoxy) is 1. The summed E-state index contributed by atoms with van der Waals surface area (Å²) in [5, 5.41) is 8.82. The highest BCUT2D eigenvalue weighted by molar-refractivity contribution is 9.09. The van der Waals surface area contributed by atoms with Crippen LogP contribution in [0.1, 0.15) is 34.1 Å². The number of carboxylic acid groups (broad SMARTS) is 1. The Morgan fingerprint density at radius 1 is 1.45 bits per heavy atom. The van der Waals surface area contributed by atoms with E-state index in [1.807, 2.05) is 6.92 Å². The van der Waals surface area contributed by atoms with Crippen LogP contribution in [0.3, 0.4) is 0 Å². The van der Waals surface area contributed by atoms with E-state index in [9.17, 15) is 9.59 Å². The zero-order valence-electron chi connectivity index (χ0n) is 10.5. The Morgan fingerprint density at radius 3 is 2.65 bits per heavy atom. The molecule has 2 atom stereocenters. The van der Waals surface area contributed by atoms with Crippen LogP contribution in [-0.2, 0) is 4.79 Å². The van der Waals surface area contributed by atoms with Gasteiger partial charge in [-0.25, -0.2) is 4.79 Å². The molecule has 0 spiro atoms. The topological polar surface area (TPSA) is 63.6 Å². The molecule has 0 saturated carbocycles. The number of fused-ring (bicyclic) bond motifs is 1. The molecule has 0 aromatic heterocycles. The van der Waals surface area contributed by atoms with Gasteiger partial charge in [0.05, 0.1) is 9.85 Å². The Bertz CT molecular complexity index is 588. The molecule has 0 fully saturated rings. The molecule has 4 nitrogen and oxygen atoms in total. The van der Waals surface area contributed by atoms with Gasteiger partial charge in [-0.05, 0) is 18.1 Å². The van der Waals surface area contributed by atoms with Gasteiger partial charge >= 0.3 is 5.97 Å². The maximum Gasteiger partial charge on any atom is 0.341 e. The van der Waals surface area contributed by atoms with Crippen molar-refractivity contribution in [3.05, 3.63) is 27.2 Å². The molecule has 0 bridgehead atoms. The highest BCUT2D eigenvalue weighted by atomic mass is 79.9. The van der Waals surface area contributed by atoms with E-state index in [1.165, 1.54) is 0 Å². The minimum atomic E-state index is -1.12. The third-order valence-electron chi connectivity index (χ3n) is 3.23. The van der Waals surface area contributed by atoms with Crippen LogP contribution in [0.2, 0.25) is 10.0 Å². The summed E-state index contributed by atoms with van der Waals surface area (Å²) >= 11 is 15.7. The van der Waals surface area contributed by atoms with Crippen molar-refractivity contribution >= 4 is 50.9 Å². The smallest absolute Gasteiger partial charge is 0.341 e. The van der Waals surface area contributed by atoms with Gasteiger partial charge < -0.3 is 9.84 Å². The first-order valence-corrected chi connectivity index (χ1v) is 7.60. The summed E-state index contributed by atoms with van der Waals surface area (Å²) in [6, 6.07) is 1.58. The number of hydrogen-bond acceptors (Lipinski definition) is 3. The van der Waals surface area contributed by atoms with Crippen LogP contribution in [0, 0.1) is 5.92 Å². The molecular formula is C13H11BrCl2O4. The molecule has 0 saturated heterocycles. The number of Topliss-reactive ketones (excluding diaryl/α,β-unsaturated/α-hetero) is 1. The second-order valence-electron chi connectivity index (χ2n) is 4.43. The van der Waals surface area contributed by atoms with E-state index in [0.29, 0.717) is 17.5 Å². The van der Waals surface area contributed by atoms with Crippen molar-refractivity contribution < 1.29 is 19.4 Å². The van der Waals surface area contributed by atoms with Gasteiger partial charge in [-0.2, -0.15) is 0 Å². The van der Waals surface area contributed by atoms with Gasteiger partial charge in [0.2, 0.25) is 0 Å². The SMILES string of the molecule is CCC1C(=O)c2c(cc(OCC(=O)O)c(Cl)c2Cl)C1Br. The Hall–Kier alpha value is -0.780. The maximum absolute atomic E-state index is 12.3. The molecule has 0 aliphatic heterocycles. The van der Waals surface area contributed by atoms with Crippen LogP contribution < -0.4 is 4.74 Å². The fourth-order valence-corrected chi connectivity index (χ4v) is 3.74. The molecule has 1 aromatic rings. The summed E-state index contributed by atoms with van der Waals surface area (Å²) in [7, 11) is 0. The lowest BCUT2D eigenvalue weighted by molar-refractivity contribution is -0.139. The van der Waals surface area contributed by atoms with Crippen LogP contribution in [-0.4, -0.2) is 23.5 Å². The molecule has 0 radical (unpaired) electrons. The highest BCUT2D eigenvalue weighted by Crippen LogP contribution is 2.50. The van der Waals surface area contributed by atoms with E-state index < -0.39 is 12.6 Å². The molecule has 1 aromatic carbocycles. The van der Waals surface area contributed by atoms with Gasteiger partial charge in [-0.3, -0.25) is 4.79 Å². The lowest BCUT2D eigenvalue weighted by atomic mass is 10.0. The Labute approximate surface area is 134 Å². The molecule has 7 heteroatoms. The van der Waals surface area contributed by atoms with E-state index in [-0.39, 0.29) is 32.3 Å². The molecule has 20 heavy (non-hydrogen) atoms. The Morgan fingerprint density at radius 2 is 2.10 bits per heavy atom. The number of alkyl halides is 1. The van der Waals surface area contributed by atoms with Crippen molar-refractivity contribution in [2.75, 3.05) is 6.61 Å². The zero-order valence-corrected chi connectivity index (χ0v) is 13.5. The van der Waals surface area contributed by atoms with E-state index in [2.05, 4.69) is 15.9 Å².